The van der Waals surface area contributed by atoms with Crippen LogP contribution in [0, 0.1) is 0 Å². The van der Waals surface area contributed by atoms with E-state index in [1.807, 2.05) is 50.2 Å². The van der Waals surface area contributed by atoms with E-state index in [-0.39, 0.29) is 25.0 Å². The molecule has 1 N–H and O–H groups in total. The molecule has 2 aromatic carbocycles. The highest BCUT2D eigenvalue weighted by molar-refractivity contribution is 5.86. The van der Waals surface area contributed by atoms with E-state index >= 15 is 0 Å². The number of nitrogens with zero attached hydrogens (tertiary/aromatic N) is 1. The SMILES string of the molecule is CCNC(=O)Oc1ccc2cc(C(COCCN(C)C)OC(C)=O)ccc2c1.Cl. The standard InChI is InChI=1S/C21H28N2O5.ClH/c1-5-22-21(25)28-19-9-8-16-12-18(7-6-17(16)13-19)20(27-15(2)24)14-26-11-10-23(3)4;/h6-9,12-13,20H,5,10-11,14H2,1-4H3,(H,22,25);1H. The fourth-order valence-electron chi connectivity index (χ4n) is 2.63. The summed E-state index contributed by atoms with van der Waals surface area (Å²) in [5.74, 6) is 0.113. The third-order valence-corrected chi connectivity index (χ3v) is 4.00. The second-order valence-electron chi connectivity index (χ2n) is 6.66. The van der Waals surface area contributed by atoms with Crippen molar-refractivity contribution in [2.45, 2.75) is 20.0 Å². The lowest BCUT2D eigenvalue weighted by atomic mass is 10.0. The van der Waals surface area contributed by atoms with Crippen LogP contribution in [-0.4, -0.2) is 57.4 Å². The Hall–Kier alpha value is -2.35. The number of amides is 1. The molecule has 1 atom stereocenters. The first-order valence-electron chi connectivity index (χ1n) is 9.28. The van der Waals surface area contributed by atoms with Crippen molar-refractivity contribution in [3.63, 3.8) is 0 Å². The molecule has 0 fully saturated rings. The maximum absolute atomic E-state index is 11.6. The summed E-state index contributed by atoms with van der Waals surface area (Å²) < 4.78 is 16.4. The lowest BCUT2D eigenvalue weighted by Crippen LogP contribution is -2.26. The van der Waals surface area contributed by atoms with E-state index < -0.39 is 12.2 Å². The van der Waals surface area contributed by atoms with Crippen molar-refractivity contribution in [1.29, 1.82) is 0 Å². The summed E-state index contributed by atoms with van der Waals surface area (Å²) in [5.41, 5.74) is 0.852. The van der Waals surface area contributed by atoms with Gasteiger partial charge in [-0.25, -0.2) is 4.79 Å². The number of carbonyl (C=O) groups is 2. The van der Waals surface area contributed by atoms with E-state index in [2.05, 4.69) is 5.32 Å². The van der Waals surface area contributed by atoms with Gasteiger partial charge in [-0.2, -0.15) is 0 Å². The molecule has 7 nitrogen and oxygen atoms in total. The Morgan fingerprint density at radius 1 is 1.10 bits per heavy atom. The summed E-state index contributed by atoms with van der Waals surface area (Å²) in [7, 11) is 3.94. The fourth-order valence-corrected chi connectivity index (χ4v) is 2.63. The van der Waals surface area contributed by atoms with Gasteiger partial charge in [-0.1, -0.05) is 18.2 Å². The maximum Gasteiger partial charge on any atom is 0.412 e. The minimum Gasteiger partial charge on any atom is -0.455 e. The van der Waals surface area contributed by atoms with Crippen LogP contribution in [0.2, 0.25) is 0 Å². The van der Waals surface area contributed by atoms with Gasteiger partial charge in [0, 0.05) is 20.0 Å². The van der Waals surface area contributed by atoms with Gasteiger partial charge in [0.15, 0.2) is 6.10 Å². The van der Waals surface area contributed by atoms with Crippen LogP contribution in [0.25, 0.3) is 10.8 Å². The van der Waals surface area contributed by atoms with E-state index in [1.165, 1.54) is 6.92 Å². The Kier molecular flexibility index (Phi) is 10.4. The molecular formula is C21H29ClN2O5. The van der Waals surface area contributed by atoms with Gasteiger partial charge in [-0.3, -0.25) is 4.79 Å². The van der Waals surface area contributed by atoms with Gasteiger partial charge in [-0.05, 0) is 55.6 Å². The summed E-state index contributed by atoms with van der Waals surface area (Å²) in [6, 6.07) is 11.1. The van der Waals surface area contributed by atoms with Gasteiger partial charge in [0.25, 0.3) is 0 Å². The first-order valence-corrected chi connectivity index (χ1v) is 9.28. The smallest absolute Gasteiger partial charge is 0.412 e. The van der Waals surface area contributed by atoms with Crippen LogP contribution >= 0.6 is 12.4 Å². The molecule has 0 aromatic heterocycles. The predicted octanol–water partition coefficient (Wildman–Crippen LogP) is 3.55. The maximum atomic E-state index is 11.6. The molecule has 0 spiro atoms. The zero-order chi connectivity index (χ0) is 20.5. The van der Waals surface area contributed by atoms with Gasteiger partial charge in [0.2, 0.25) is 0 Å². The summed E-state index contributed by atoms with van der Waals surface area (Å²) in [6.07, 6.45) is -0.960. The molecule has 2 rings (SSSR count). The third-order valence-electron chi connectivity index (χ3n) is 4.00. The zero-order valence-electron chi connectivity index (χ0n) is 17.3. The van der Waals surface area contributed by atoms with Gasteiger partial charge in [-0.15, -0.1) is 12.4 Å². The van der Waals surface area contributed by atoms with Crippen molar-refractivity contribution in [3.8, 4) is 5.75 Å². The highest BCUT2D eigenvalue weighted by atomic mass is 35.5. The Labute approximate surface area is 177 Å². The van der Waals surface area contributed by atoms with Crippen LogP contribution in [0.4, 0.5) is 4.79 Å². The molecule has 1 unspecified atom stereocenters. The van der Waals surface area contributed by atoms with Crippen molar-refractivity contribution in [2.24, 2.45) is 0 Å². The van der Waals surface area contributed by atoms with Crippen LogP contribution in [0.3, 0.4) is 0 Å². The molecule has 2 aromatic rings. The normalized spacial score (nSPS) is 11.6. The molecular weight excluding hydrogens is 396 g/mol. The Morgan fingerprint density at radius 2 is 1.79 bits per heavy atom. The highest BCUT2D eigenvalue weighted by Crippen LogP contribution is 2.26. The average molecular weight is 425 g/mol. The molecule has 0 aliphatic rings. The second kappa shape index (κ2) is 12.3. The first kappa shape index (κ1) is 24.7. The molecule has 0 aliphatic carbocycles. The van der Waals surface area contributed by atoms with E-state index in [0.717, 1.165) is 22.9 Å². The molecule has 0 aliphatic heterocycles. The molecule has 1 amide bonds. The quantitative estimate of drug-likeness (QED) is 0.490. The third kappa shape index (κ3) is 8.27. The van der Waals surface area contributed by atoms with Crippen molar-refractivity contribution in [1.82, 2.24) is 10.2 Å². The predicted molar refractivity (Wildman–Crippen MR) is 115 cm³/mol. The molecule has 0 heterocycles. The number of rotatable bonds is 9. The van der Waals surface area contributed by atoms with Crippen LogP contribution in [-0.2, 0) is 14.3 Å². The van der Waals surface area contributed by atoms with E-state index in [9.17, 15) is 9.59 Å². The summed E-state index contributed by atoms with van der Waals surface area (Å²) in [5, 5.41) is 4.46. The Morgan fingerprint density at radius 3 is 2.45 bits per heavy atom. The second-order valence-corrected chi connectivity index (χ2v) is 6.66. The summed E-state index contributed by atoms with van der Waals surface area (Å²) in [4.78, 5) is 25.1. The number of esters is 1. The summed E-state index contributed by atoms with van der Waals surface area (Å²) >= 11 is 0. The van der Waals surface area contributed by atoms with Gasteiger partial charge >= 0.3 is 12.1 Å². The monoisotopic (exact) mass is 424 g/mol. The fraction of sp³-hybridized carbons (Fsp3) is 0.429. The largest absolute Gasteiger partial charge is 0.455 e. The molecule has 0 saturated heterocycles. The number of nitrogens with one attached hydrogen (secondary N) is 1. The first-order chi connectivity index (χ1) is 13.4. The minimum absolute atomic E-state index is 0. The number of hydrogen-bond donors (Lipinski definition) is 1. The van der Waals surface area contributed by atoms with Crippen LogP contribution in [0.1, 0.15) is 25.5 Å². The molecule has 0 saturated carbocycles. The van der Waals surface area contributed by atoms with E-state index in [1.54, 1.807) is 12.1 Å². The highest BCUT2D eigenvalue weighted by Gasteiger charge is 2.16. The number of benzene rings is 2. The Bertz CT molecular complexity index is 813. The van der Waals surface area contributed by atoms with Crippen LogP contribution < -0.4 is 10.1 Å². The van der Waals surface area contributed by atoms with Gasteiger partial charge in [0.1, 0.15) is 5.75 Å². The van der Waals surface area contributed by atoms with Crippen molar-refractivity contribution >= 4 is 35.2 Å². The summed E-state index contributed by atoms with van der Waals surface area (Å²) in [6.45, 7) is 5.35. The van der Waals surface area contributed by atoms with E-state index in [4.69, 9.17) is 14.2 Å². The number of likely N-dealkylation sites (N-methyl/N-ethyl adjacent to an activating group) is 1. The van der Waals surface area contributed by atoms with Gasteiger partial charge in [0.05, 0.1) is 13.2 Å². The van der Waals surface area contributed by atoms with Crippen LogP contribution in [0.5, 0.6) is 5.75 Å². The number of carbonyl (C=O) groups excluding carboxylic acids is 2. The molecule has 160 valence electrons. The molecule has 29 heavy (non-hydrogen) atoms. The molecule has 8 heteroatoms. The number of hydrogen-bond acceptors (Lipinski definition) is 6. The lowest BCUT2D eigenvalue weighted by Gasteiger charge is -2.19. The minimum atomic E-state index is -0.483. The van der Waals surface area contributed by atoms with Gasteiger partial charge < -0.3 is 24.4 Å². The lowest BCUT2D eigenvalue weighted by molar-refractivity contribution is -0.150. The average Bonchev–Trinajstić information content (AvgIpc) is 2.63. The van der Waals surface area contributed by atoms with Crippen molar-refractivity contribution in [2.75, 3.05) is 40.4 Å². The Balaban J connectivity index is 0.00000420. The van der Waals surface area contributed by atoms with Crippen molar-refractivity contribution < 1.29 is 23.8 Å². The number of ether oxygens (including phenoxy) is 3. The number of fused-ring (bicyclic) bond motifs is 1. The molecule has 0 radical (unpaired) electrons. The molecule has 0 bridgehead atoms. The van der Waals surface area contributed by atoms with E-state index in [0.29, 0.717) is 18.9 Å². The van der Waals surface area contributed by atoms with Crippen LogP contribution in [0.15, 0.2) is 36.4 Å². The topological polar surface area (TPSA) is 77.1 Å². The number of halogens is 1. The zero-order valence-corrected chi connectivity index (χ0v) is 18.1. The van der Waals surface area contributed by atoms with Crippen molar-refractivity contribution in [3.05, 3.63) is 42.0 Å².